The maximum absolute atomic E-state index is 10.9. The van der Waals surface area contributed by atoms with Gasteiger partial charge in [-0.05, 0) is 19.1 Å². The lowest BCUT2D eigenvalue weighted by atomic mass is 10.0. The Bertz CT molecular complexity index is 640. The lowest BCUT2D eigenvalue weighted by Gasteiger charge is -2.13. The number of aromatic nitrogens is 3. The Hall–Kier alpha value is -1.63. The topological polar surface area (TPSA) is 88.2 Å². The van der Waals surface area contributed by atoms with Gasteiger partial charge < -0.3 is 10.2 Å². The summed E-state index contributed by atoms with van der Waals surface area (Å²) in [7, 11) is 0. The lowest BCUT2D eigenvalue weighted by Crippen LogP contribution is -2.32. The van der Waals surface area contributed by atoms with Gasteiger partial charge >= 0.3 is 5.97 Å². The number of benzene rings is 1. The zero-order chi connectivity index (χ0) is 14.2. The van der Waals surface area contributed by atoms with Crippen LogP contribution in [-0.2, 0) is 10.4 Å². The third kappa shape index (κ3) is 2.42. The minimum atomic E-state index is -2.12. The maximum Gasteiger partial charge on any atom is 0.341 e. The minimum Gasteiger partial charge on any atom is -0.479 e. The van der Waals surface area contributed by atoms with Crippen LogP contribution in [-0.4, -0.2) is 31.2 Å². The molecule has 2 N–H and O–H groups in total. The number of hydrogen-bond acceptors (Lipinski definition) is 4. The summed E-state index contributed by atoms with van der Waals surface area (Å²) in [6.45, 7) is 1.11. The van der Waals surface area contributed by atoms with Crippen molar-refractivity contribution in [3.63, 3.8) is 0 Å². The second-order valence-corrected chi connectivity index (χ2v) is 4.78. The van der Waals surface area contributed by atoms with Gasteiger partial charge in [0.05, 0.1) is 21.9 Å². The molecular weight excluding hydrogens is 293 g/mol. The Morgan fingerprint density at radius 3 is 2.74 bits per heavy atom. The number of halogens is 2. The summed E-state index contributed by atoms with van der Waals surface area (Å²) in [5.41, 5.74) is -1.78. The summed E-state index contributed by atoms with van der Waals surface area (Å²) < 4.78 is 1.25. The van der Waals surface area contributed by atoms with Crippen LogP contribution in [0.3, 0.4) is 0 Å². The third-order valence-electron chi connectivity index (χ3n) is 2.59. The highest BCUT2D eigenvalue weighted by molar-refractivity contribution is 6.43. The van der Waals surface area contributed by atoms with Crippen molar-refractivity contribution in [3.8, 4) is 5.69 Å². The molecule has 1 aromatic heterocycles. The molecule has 1 aromatic carbocycles. The van der Waals surface area contributed by atoms with E-state index in [0.717, 1.165) is 6.92 Å². The predicted molar refractivity (Wildman–Crippen MR) is 68.6 cm³/mol. The lowest BCUT2D eigenvalue weighted by molar-refractivity contribution is -0.158. The van der Waals surface area contributed by atoms with Crippen LogP contribution in [0.1, 0.15) is 12.6 Å². The summed E-state index contributed by atoms with van der Waals surface area (Å²) >= 11 is 11.9. The Morgan fingerprint density at radius 1 is 1.42 bits per heavy atom. The van der Waals surface area contributed by atoms with E-state index in [9.17, 15) is 9.90 Å². The maximum atomic E-state index is 10.9. The highest BCUT2D eigenvalue weighted by Crippen LogP contribution is 2.28. The summed E-state index contributed by atoms with van der Waals surface area (Å²) in [6, 6.07) is 4.92. The Morgan fingerprint density at radius 2 is 2.11 bits per heavy atom. The first-order chi connectivity index (χ1) is 8.84. The molecule has 2 aromatic rings. The molecule has 0 aliphatic rings. The van der Waals surface area contributed by atoms with Gasteiger partial charge in [-0.3, -0.25) is 0 Å². The molecule has 6 nitrogen and oxygen atoms in total. The molecule has 19 heavy (non-hydrogen) atoms. The summed E-state index contributed by atoms with van der Waals surface area (Å²) in [6.07, 6.45) is 1.28. The van der Waals surface area contributed by atoms with Crippen LogP contribution in [0.25, 0.3) is 5.69 Å². The van der Waals surface area contributed by atoms with Crippen molar-refractivity contribution in [1.29, 1.82) is 0 Å². The molecule has 0 bridgehead atoms. The number of carboxylic acids is 1. The van der Waals surface area contributed by atoms with Crippen molar-refractivity contribution in [1.82, 2.24) is 15.0 Å². The fourth-order valence-electron chi connectivity index (χ4n) is 1.38. The van der Waals surface area contributed by atoms with E-state index in [-0.39, 0.29) is 10.7 Å². The number of hydrogen-bond donors (Lipinski definition) is 2. The molecule has 0 radical (unpaired) electrons. The highest BCUT2D eigenvalue weighted by atomic mass is 35.5. The molecule has 0 spiro atoms. The van der Waals surface area contributed by atoms with Crippen LogP contribution in [0.2, 0.25) is 10.0 Å². The van der Waals surface area contributed by atoms with Crippen molar-refractivity contribution in [2.75, 3.05) is 0 Å². The molecule has 0 aliphatic carbocycles. The van der Waals surface area contributed by atoms with E-state index in [1.807, 2.05) is 0 Å². The predicted octanol–water partition coefficient (Wildman–Crippen LogP) is 1.87. The fourth-order valence-corrected chi connectivity index (χ4v) is 1.77. The number of aliphatic hydroxyl groups is 1. The van der Waals surface area contributed by atoms with Crippen LogP contribution in [0.15, 0.2) is 24.4 Å². The van der Waals surface area contributed by atoms with Gasteiger partial charge in [0.2, 0.25) is 5.60 Å². The van der Waals surface area contributed by atoms with Crippen molar-refractivity contribution in [2.24, 2.45) is 0 Å². The standard InChI is InChI=1S/C11H9Cl2N3O3/c1-11(19,10(17)18)8-5-16(15-14-8)7-4-2-3-6(12)9(7)13/h2-5,19H,1H3,(H,17,18). The molecule has 0 amide bonds. The molecule has 2 rings (SSSR count). The normalized spacial score (nSPS) is 14.1. The van der Waals surface area contributed by atoms with E-state index in [1.54, 1.807) is 18.2 Å². The fraction of sp³-hybridized carbons (Fsp3) is 0.182. The molecule has 100 valence electrons. The number of nitrogens with zero attached hydrogens (tertiary/aromatic N) is 3. The molecule has 8 heteroatoms. The van der Waals surface area contributed by atoms with Crippen molar-refractivity contribution in [3.05, 3.63) is 40.1 Å². The molecule has 1 atom stereocenters. The van der Waals surface area contributed by atoms with Gasteiger partial charge in [0.25, 0.3) is 0 Å². The Labute approximate surface area is 118 Å². The molecule has 0 aliphatic heterocycles. The van der Waals surface area contributed by atoms with Crippen LogP contribution in [0, 0.1) is 0 Å². The number of aliphatic carboxylic acids is 1. The molecule has 0 fully saturated rings. The number of rotatable bonds is 3. The minimum absolute atomic E-state index is 0.101. The molecule has 1 heterocycles. The van der Waals surface area contributed by atoms with Gasteiger partial charge in [0.15, 0.2) is 0 Å². The van der Waals surface area contributed by atoms with Crippen LogP contribution in [0.5, 0.6) is 0 Å². The first-order valence-electron chi connectivity index (χ1n) is 5.17. The summed E-state index contributed by atoms with van der Waals surface area (Å²) in [5.74, 6) is -1.42. The van der Waals surface area contributed by atoms with E-state index < -0.39 is 11.6 Å². The van der Waals surface area contributed by atoms with Gasteiger partial charge in [-0.15, -0.1) is 5.10 Å². The molecular formula is C11H9Cl2N3O3. The van der Waals surface area contributed by atoms with Crippen LogP contribution in [0.4, 0.5) is 0 Å². The SMILES string of the molecule is CC(O)(C(=O)O)c1cn(-c2cccc(Cl)c2Cl)nn1. The largest absolute Gasteiger partial charge is 0.479 e. The first kappa shape index (κ1) is 13.8. The summed E-state index contributed by atoms with van der Waals surface area (Å²) in [4.78, 5) is 10.9. The molecule has 0 saturated carbocycles. The van der Waals surface area contributed by atoms with Gasteiger partial charge in [-0.1, -0.05) is 34.5 Å². The van der Waals surface area contributed by atoms with Gasteiger partial charge in [0, 0.05) is 0 Å². The van der Waals surface area contributed by atoms with Crippen molar-refractivity contribution >= 4 is 29.2 Å². The quantitative estimate of drug-likeness (QED) is 0.903. The zero-order valence-electron chi connectivity index (χ0n) is 9.71. The van der Waals surface area contributed by atoms with E-state index >= 15 is 0 Å². The smallest absolute Gasteiger partial charge is 0.341 e. The monoisotopic (exact) mass is 301 g/mol. The Kier molecular flexibility index (Phi) is 3.49. The number of carbonyl (C=O) groups is 1. The molecule has 1 unspecified atom stereocenters. The van der Waals surface area contributed by atoms with Crippen LogP contribution < -0.4 is 0 Å². The van der Waals surface area contributed by atoms with E-state index in [1.165, 1.54) is 10.9 Å². The van der Waals surface area contributed by atoms with E-state index in [2.05, 4.69) is 10.3 Å². The van der Waals surface area contributed by atoms with Gasteiger partial charge in [-0.25, -0.2) is 9.48 Å². The van der Waals surface area contributed by atoms with Crippen molar-refractivity contribution in [2.45, 2.75) is 12.5 Å². The molecule has 0 saturated heterocycles. The zero-order valence-corrected chi connectivity index (χ0v) is 11.2. The Balaban J connectivity index is 2.47. The van der Waals surface area contributed by atoms with E-state index in [0.29, 0.717) is 10.7 Å². The average Bonchev–Trinajstić information content (AvgIpc) is 2.82. The van der Waals surface area contributed by atoms with Crippen LogP contribution >= 0.6 is 23.2 Å². The van der Waals surface area contributed by atoms with Gasteiger partial charge in [-0.2, -0.15) is 0 Å². The first-order valence-corrected chi connectivity index (χ1v) is 5.92. The van der Waals surface area contributed by atoms with E-state index in [4.69, 9.17) is 28.3 Å². The second kappa shape index (κ2) is 4.80. The van der Waals surface area contributed by atoms with Crippen molar-refractivity contribution < 1.29 is 15.0 Å². The van der Waals surface area contributed by atoms with Gasteiger partial charge in [0.1, 0.15) is 5.69 Å². The third-order valence-corrected chi connectivity index (χ3v) is 3.40. The highest BCUT2D eigenvalue weighted by Gasteiger charge is 2.35. The second-order valence-electron chi connectivity index (χ2n) is 4.00. The average molecular weight is 302 g/mol. The number of carboxylic acid groups (broad SMARTS) is 1. The summed E-state index contributed by atoms with van der Waals surface area (Å²) in [5, 5.41) is 26.6.